The summed E-state index contributed by atoms with van der Waals surface area (Å²) in [5.74, 6) is -0.343. The number of halogens is 2. The summed E-state index contributed by atoms with van der Waals surface area (Å²) in [7, 11) is 0. The van der Waals surface area contributed by atoms with Gasteiger partial charge in [0.05, 0.1) is 35.3 Å². The number of aromatic amines is 1. The second kappa shape index (κ2) is 9.48. The number of hydrogen-bond donors (Lipinski definition) is 2. The first-order chi connectivity index (χ1) is 12.4. The van der Waals surface area contributed by atoms with Crippen LogP contribution in [0.3, 0.4) is 0 Å². The molecule has 0 radical (unpaired) electrons. The molecule has 2 rings (SSSR count). The summed E-state index contributed by atoms with van der Waals surface area (Å²) in [6.07, 6.45) is 0.720. The number of rotatable bonds is 6. The van der Waals surface area contributed by atoms with Crippen LogP contribution >= 0.6 is 23.2 Å². The molecule has 2 amide bonds. The molecular weight excluding hydrogens is 381 g/mol. The SMILES string of the molecule is CCCO[C@H]1CN(C(=O)OCC)CC[C@H]1NC(=O)c1[nH]c(C)c(Cl)c1Cl. The highest BCUT2D eigenvalue weighted by molar-refractivity contribution is 6.44. The lowest BCUT2D eigenvalue weighted by molar-refractivity contribution is -0.0198. The first-order valence-electron chi connectivity index (χ1n) is 8.76. The van der Waals surface area contributed by atoms with Gasteiger partial charge < -0.3 is 24.7 Å². The van der Waals surface area contributed by atoms with Crippen molar-refractivity contribution < 1.29 is 19.1 Å². The van der Waals surface area contributed by atoms with Crippen LogP contribution in [0.1, 0.15) is 42.9 Å². The third kappa shape index (κ3) is 4.84. The van der Waals surface area contributed by atoms with Crippen molar-refractivity contribution in [1.29, 1.82) is 0 Å². The molecule has 1 aromatic rings. The smallest absolute Gasteiger partial charge is 0.409 e. The number of carbonyl (C=O) groups excluding carboxylic acids is 2. The number of amides is 2. The average molecular weight is 406 g/mol. The topological polar surface area (TPSA) is 83.7 Å². The van der Waals surface area contributed by atoms with E-state index in [9.17, 15) is 9.59 Å². The van der Waals surface area contributed by atoms with Gasteiger partial charge in [0.2, 0.25) is 0 Å². The number of ether oxygens (including phenoxy) is 2. The van der Waals surface area contributed by atoms with Gasteiger partial charge in [0.1, 0.15) is 5.69 Å². The molecule has 2 atom stereocenters. The predicted octanol–water partition coefficient (Wildman–Crippen LogP) is 3.39. The molecule has 1 aromatic heterocycles. The average Bonchev–Trinajstić information content (AvgIpc) is 2.88. The molecule has 9 heteroatoms. The molecule has 2 N–H and O–H groups in total. The number of H-pyrrole nitrogens is 1. The Bertz CT molecular complexity index is 650. The number of likely N-dealkylation sites (tertiary alicyclic amines) is 1. The van der Waals surface area contributed by atoms with E-state index in [1.54, 1.807) is 18.7 Å². The van der Waals surface area contributed by atoms with E-state index in [0.29, 0.717) is 43.4 Å². The lowest BCUT2D eigenvalue weighted by Gasteiger charge is -2.38. The van der Waals surface area contributed by atoms with Crippen LogP contribution in [0.5, 0.6) is 0 Å². The Hall–Kier alpha value is -1.44. The zero-order valence-electron chi connectivity index (χ0n) is 15.2. The molecular formula is C17H25Cl2N3O4. The minimum absolute atomic E-state index is 0.205. The van der Waals surface area contributed by atoms with E-state index >= 15 is 0 Å². The lowest BCUT2D eigenvalue weighted by atomic mass is 10.0. The molecule has 0 spiro atoms. The van der Waals surface area contributed by atoms with E-state index in [1.165, 1.54) is 0 Å². The maximum atomic E-state index is 12.6. The van der Waals surface area contributed by atoms with E-state index in [2.05, 4.69) is 10.3 Å². The normalized spacial score (nSPS) is 20.1. The van der Waals surface area contributed by atoms with Crippen LogP contribution in [-0.4, -0.2) is 60.3 Å². The molecule has 146 valence electrons. The molecule has 1 aliphatic rings. The monoisotopic (exact) mass is 405 g/mol. The van der Waals surface area contributed by atoms with E-state index in [1.807, 2.05) is 6.92 Å². The van der Waals surface area contributed by atoms with Crippen LogP contribution in [0.15, 0.2) is 0 Å². The predicted molar refractivity (Wildman–Crippen MR) is 100 cm³/mol. The Labute approximate surface area is 163 Å². The minimum Gasteiger partial charge on any atom is -0.450 e. The van der Waals surface area contributed by atoms with Gasteiger partial charge in [-0.3, -0.25) is 4.79 Å². The molecule has 0 unspecified atom stereocenters. The van der Waals surface area contributed by atoms with Crippen molar-refractivity contribution in [3.8, 4) is 0 Å². The van der Waals surface area contributed by atoms with Gasteiger partial charge in [-0.1, -0.05) is 30.1 Å². The maximum absolute atomic E-state index is 12.6. The molecule has 0 aliphatic carbocycles. The molecule has 0 bridgehead atoms. The Balaban J connectivity index is 2.07. The van der Waals surface area contributed by atoms with Gasteiger partial charge in [0, 0.05) is 18.8 Å². The van der Waals surface area contributed by atoms with Gasteiger partial charge in [0.25, 0.3) is 5.91 Å². The van der Waals surface area contributed by atoms with E-state index < -0.39 is 0 Å². The molecule has 2 heterocycles. The summed E-state index contributed by atoms with van der Waals surface area (Å²) in [4.78, 5) is 29.1. The number of piperidine rings is 1. The Kier molecular flexibility index (Phi) is 7.61. The number of nitrogens with one attached hydrogen (secondary N) is 2. The van der Waals surface area contributed by atoms with Crippen molar-refractivity contribution in [2.75, 3.05) is 26.3 Å². The number of hydrogen-bond acceptors (Lipinski definition) is 4. The van der Waals surface area contributed by atoms with Gasteiger partial charge in [0.15, 0.2) is 0 Å². The highest BCUT2D eigenvalue weighted by Gasteiger charge is 2.34. The van der Waals surface area contributed by atoms with Crippen LogP contribution in [-0.2, 0) is 9.47 Å². The summed E-state index contributed by atoms with van der Waals surface area (Å²) in [5, 5.41) is 3.50. The summed E-state index contributed by atoms with van der Waals surface area (Å²) in [5.41, 5.74) is 0.869. The van der Waals surface area contributed by atoms with Crippen LogP contribution in [0.4, 0.5) is 4.79 Å². The fourth-order valence-corrected chi connectivity index (χ4v) is 3.29. The van der Waals surface area contributed by atoms with Gasteiger partial charge in [-0.15, -0.1) is 0 Å². The standard InChI is InChI=1S/C17H25Cl2N3O4/c1-4-8-26-12-9-22(17(24)25-5-2)7-6-11(12)21-16(23)15-14(19)13(18)10(3)20-15/h11-12,20H,4-9H2,1-3H3,(H,21,23)/t11-,12+/m1/s1. The maximum Gasteiger partial charge on any atom is 0.409 e. The summed E-state index contributed by atoms with van der Waals surface area (Å²) < 4.78 is 10.9. The first kappa shape index (κ1) is 20.9. The summed E-state index contributed by atoms with van der Waals surface area (Å²) >= 11 is 12.2. The van der Waals surface area contributed by atoms with Gasteiger partial charge in [-0.05, 0) is 26.7 Å². The van der Waals surface area contributed by atoms with Crippen molar-refractivity contribution in [1.82, 2.24) is 15.2 Å². The van der Waals surface area contributed by atoms with Crippen molar-refractivity contribution >= 4 is 35.2 Å². The van der Waals surface area contributed by atoms with Gasteiger partial charge >= 0.3 is 6.09 Å². The summed E-state index contributed by atoms with van der Waals surface area (Å²) in [6, 6.07) is -0.238. The molecule has 0 aromatic carbocycles. The Morgan fingerprint density at radius 2 is 2.04 bits per heavy atom. The number of nitrogens with zero attached hydrogens (tertiary/aromatic N) is 1. The van der Waals surface area contributed by atoms with Crippen molar-refractivity contribution in [2.24, 2.45) is 0 Å². The second-order valence-electron chi connectivity index (χ2n) is 6.18. The van der Waals surface area contributed by atoms with E-state index in [4.69, 9.17) is 32.7 Å². The van der Waals surface area contributed by atoms with Crippen LogP contribution in [0, 0.1) is 6.92 Å². The zero-order chi connectivity index (χ0) is 19.3. The van der Waals surface area contributed by atoms with Crippen LogP contribution < -0.4 is 5.32 Å². The van der Waals surface area contributed by atoms with Crippen LogP contribution in [0.2, 0.25) is 10.0 Å². The third-order valence-electron chi connectivity index (χ3n) is 4.22. The molecule has 0 saturated carbocycles. The lowest BCUT2D eigenvalue weighted by Crippen LogP contribution is -2.56. The fraction of sp³-hybridized carbons (Fsp3) is 0.647. The van der Waals surface area contributed by atoms with Crippen molar-refractivity contribution in [3.63, 3.8) is 0 Å². The van der Waals surface area contributed by atoms with E-state index in [0.717, 1.165) is 6.42 Å². The molecule has 1 aliphatic heterocycles. The van der Waals surface area contributed by atoms with Crippen molar-refractivity contribution in [3.05, 3.63) is 21.4 Å². The summed E-state index contributed by atoms with van der Waals surface area (Å²) in [6.45, 7) is 7.22. The molecule has 1 fully saturated rings. The van der Waals surface area contributed by atoms with Crippen molar-refractivity contribution in [2.45, 2.75) is 45.8 Å². The van der Waals surface area contributed by atoms with Crippen LogP contribution in [0.25, 0.3) is 0 Å². The number of aryl methyl sites for hydroxylation is 1. The highest BCUT2D eigenvalue weighted by Crippen LogP contribution is 2.29. The molecule has 7 nitrogen and oxygen atoms in total. The fourth-order valence-electron chi connectivity index (χ4n) is 2.87. The third-order valence-corrected chi connectivity index (χ3v) is 5.17. The van der Waals surface area contributed by atoms with E-state index in [-0.39, 0.29) is 34.9 Å². The molecule has 1 saturated heterocycles. The minimum atomic E-state index is -0.364. The molecule has 26 heavy (non-hydrogen) atoms. The Morgan fingerprint density at radius 3 is 2.62 bits per heavy atom. The van der Waals surface area contributed by atoms with Gasteiger partial charge in [-0.2, -0.15) is 0 Å². The Morgan fingerprint density at radius 1 is 1.31 bits per heavy atom. The zero-order valence-corrected chi connectivity index (χ0v) is 16.7. The number of aromatic nitrogens is 1. The second-order valence-corrected chi connectivity index (χ2v) is 6.93. The highest BCUT2D eigenvalue weighted by atomic mass is 35.5. The number of carbonyl (C=O) groups is 2. The first-order valence-corrected chi connectivity index (χ1v) is 9.52. The largest absolute Gasteiger partial charge is 0.450 e. The quantitative estimate of drug-likeness (QED) is 0.759. The van der Waals surface area contributed by atoms with Gasteiger partial charge in [-0.25, -0.2) is 4.79 Å².